The van der Waals surface area contributed by atoms with E-state index in [-0.39, 0.29) is 6.03 Å². The highest BCUT2D eigenvalue weighted by Gasteiger charge is 2.26. The summed E-state index contributed by atoms with van der Waals surface area (Å²) in [5.74, 6) is 0. The normalized spacial score (nSPS) is 26.7. The Morgan fingerprint density at radius 3 is 2.44 bits per heavy atom. The van der Waals surface area contributed by atoms with Gasteiger partial charge in [0, 0.05) is 18.6 Å². The van der Waals surface area contributed by atoms with Crippen LogP contribution in [0.5, 0.6) is 0 Å². The molecule has 1 saturated carbocycles. The highest BCUT2D eigenvalue weighted by molar-refractivity contribution is 5.75. The van der Waals surface area contributed by atoms with Crippen LogP contribution in [0.2, 0.25) is 0 Å². The van der Waals surface area contributed by atoms with Gasteiger partial charge in [0.25, 0.3) is 0 Å². The first-order chi connectivity index (χ1) is 8.81. The van der Waals surface area contributed by atoms with Gasteiger partial charge in [-0.3, -0.25) is 0 Å². The van der Waals surface area contributed by atoms with E-state index in [1.165, 1.54) is 57.8 Å². The van der Waals surface area contributed by atoms with Crippen LogP contribution in [0.15, 0.2) is 0 Å². The molecule has 2 rings (SSSR count). The van der Waals surface area contributed by atoms with E-state index in [2.05, 4.69) is 17.1 Å². The second-order valence-corrected chi connectivity index (χ2v) is 5.89. The summed E-state index contributed by atoms with van der Waals surface area (Å²) >= 11 is 0. The van der Waals surface area contributed by atoms with Gasteiger partial charge >= 0.3 is 6.03 Å². The Morgan fingerprint density at radius 1 is 1.06 bits per heavy atom. The quantitative estimate of drug-likeness (QED) is 0.799. The number of rotatable bonds is 2. The number of hydrogen-bond donors (Lipinski definition) is 1. The molecule has 1 heterocycles. The highest BCUT2D eigenvalue weighted by Crippen LogP contribution is 2.21. The summed E-state index contributed by atoms with van der Waals surface area (Å²) in [5.41, 5.74) is 0. The molecular formula is C15H28N2O. The highest BCUT2D eigenvalue weighted by atomic mass is 16.2. The smallest absolute Gasteiger partial charge is 0.317 e. The molecule has 3 nitrogen and oxygen atoms in total. The molecule has 1 N–H and O–H groups in total. The third-order valence-electron chi connectivity index (χ3n) is 4.54. The van der Waals surface area contributed by atoms with Crippen LogP contribution >= 0.6 is 0 Å². The van der Waals surface area contributed by atoms with Gasteiger partial charge in [-0.05, 0) is 32.1 Å². The molecule has 0 radical (unpaired) electrons. The molecule has 1 atom stereocenters. The molecule has 0 aromatic heterocycles. The molecule has 1 saturated heterocycles. The lowest BCUT2D eigenvalue weighted by Gasteiger charge is -2.32. The molecule has 2 amide bonds. The van der Waals surface area contributed by atoms with Gasteiger partial charge in [0.1, 0.15) is 0 Å². The summed E-state index contributed by atoms with van der Waals surface area (Å²) in [6.45, 7) is 3.16. The van der Waals surface area contributed by atoms with Gasteiger partial charge < -0.3 is 10.2 Å². The van der Waals surface area contributed by atoms with Crippen molar-refractivity contribution >= 4 is 6.03 Å². The molecule has 0 aromatic carbocycles. The number of amides is 2. The van der Waals surface area contributed by atoms with Crippen LogP contribution in [0, 0.1) is 0 Å². The van der Waals surface area contributed by atoms with Crippen molar-refractivity contribution in [3.63, 3.8) is 0 Å². The minimum atomic E-state index is 0.204. The Labute approximate surface area is 111 Å². The van der Waals surface area contributed by atoms with Gasteiger partial charge in [0.15, 0.2) is 0 Å². The minimum Gasteiger partial charge on any atom is -0.335 e. The Morgan fingerprint density at radius 2 is 1.72 bits per heavy atom. The standard InChI is InChI=1S/C15H28N2O/c1-2-14-11-7-4-8-12-17(14)15(18)16-13-9-5-3-6-10-13/h13-14H,2-12H2,1H3,(H,16,18). The van der Waals surface area contributed by atoms with Crippen molar-refractivity contribution in [2.45, 2.75) is 83.2 Å². The summed E-state index contributed by atoms with van der Waals surface area (Å²) < 4.78 is 0. The van der Waals surface area contributed by atoms with Crippen LogP contribution in [-0.2, 0) is 0 Å². The number of carbonyl (C=O) groups excluding carboxylic acids is 1. The monoisotopic (exact) mass is 252 g/mol. The van der Waals surface area contributed by atoms with Crippen molar-refractivity contribution in [1.82, 2.24) is 10.2 Å². The maximum atomic E-state index is 12.4. The first-order valence-corrected chi connectivity index (χ1v) is 7.88. The lowest BCUT2D eigenvalue weighted by molar-refractivity contribution is 0.167. The van der Waals surface area contributed by atoms with Crippen molar-refractivity contribution < 1.29 is 4.79 Å². The number of carbonyl (C=O) groups is 1. The number of urea groups is 1. The van der Waals surface area contributed by atoms with Gasteiger partial charge in [-0.2, -0.15) is 0 Å². The van der Waals surface area contributed by atoms with Crippen LogP contribution in [0.4, 0.5) is 4.79 Å². The number of nitrogens with zero attached hydrogens (tertiary/aromatic N) is 1. The number of likely N-dealkylation sites (tertiary alicyclic amines) is 1. The molecule has 0 aromatic rings. The van der Waals surface area contributed by atoms with Crippen molar-refractivity contribution in [2.75, 3.05) is 6.54 Å². The fourth-order valence-electron chi connectivity index (χ4n) is 3.37. The van der Waals surface area contributed by atoms with E-state index in [9.17, 15) is 4.79 Å². The predicted molar refractivity (Wildman–Crippen MR) is 74.7 cm³/mol. The Balaban J connectivity index is 1.88. The fraction of sp³-hybridized carbons (Fsp3) is 0.933. The van der Waals surface area contributed by atoms with E-state index in [4.69, 9.17) is 0 Å². The molecule has 1 aliphatic carbocycles. The zero-order valence-electron chi connectivity index (χ0n) is 11.8. The zero-order valence-corrected chi connectivity index (χ0v) is 11.8. The summed E-state index contributed by atoms with van der Waals surface area (Å²) in [6.07, 6.45) is 12.3. The lowest BCUT2D eigenvalue weighted by atomic mass is 9.96. The summed E-state index contributed by atoms with van der Waals surface area (Å²) in [5, 5.41) is 3.27. The summed E-state index contributed by atoms with van der Waals surface area (Å²) in [7, 11) is 0. The molecule has 1 aliphatic heterocycles. The van der Waals surface area contributed by atoms with Gasteiger partial charge in [-0.15, -0.1) is 0 Å². The summed E-state index contributed by atoms with van der Waals surface area (Å²) in [6, 6.07) is 1.11. The maximum absolute atomic E-state index is 12.4. The second kappa shape index (κ2) is 7.01. The predicted octanol–water partition coefficient (Wildman–Crippen LogP) is 3.68. The van der Waals surface area contributed by atoms with Crippen LogP contribution in [0.1, 0.15) is 71.1 Å². The SMILES string of the molecule is CCC1CCCCCN1C(=O)NC1CCCCC1. The topological polar surface area (TPSA) is 32.3 Å². The van der Waals surface area contributed by atoms with E-state index in [1.807, 2.05) is 0 Å². The zero-order chi connectivity index (χ0) is 12.8. The fourth-order valence-corrected chi connectivity index (χ4v) is 3.37. The first kappa shape index (κ1) is 13.7. The van der Waals surface area contributed by atoms with E-state index in [1.54, 1.807) is 0 Å². The van der Waals surface area contributed by atoms with E-state index < -0.39 is 0 Å². The van der Waals surface area contributed by atoms with E-state index in [0.29, 0.717) is 12.1 Å². The maximum Gasteiger partial charge on any atom is 0.317 e. The first-order valence-electron chi connectivity index (χ1n) is 7.88. The van der Waals surface area contributed by atoms with Crippen molar-refractivity contribution in [3.8, 4) is 0 Å². The van der Waals surface area contributed by atoms with Crippen molar-refractivity contribution in [2.24, 2.45) is 0 Å². The van der Waals surface area contributed by atoms with Gasteiger partial charge in [-0.1, -0.05) is 39.0 Å². The average molecular weight is 252 g/mol. The molecule has 2 aliphatic rings. The minimum absolute atomic E-state index is 0.204. The van der Waals surface area contributed by atoms with E-state index >= 15 is 0 Å². The molecule has 1 unspecified atom stereocenters. The molecular weight excluding hydrogens is 224 g/mol. The van der Waals surface area contributed by atoms with Crippen molar-refractivity contribution in [3.05, 3.63) is 0 Å². The van der Waals surface area contributed by atoms with Gasteiger partial charge in [-0.25, -0.2) is 4.79 Å². The molecule has 104 valence electrons. The van der Waals surface area contributed by atoms with Crippen LogP contribution in [-0.4, -0.2) is 29.6 Å². The van der Waals surface area contributed by atoms with Gasteiger partial charge in [0.05, 0.1) is 0 Å². The van der Waals surface area contributed by atoms with Crippen LogP contribution in [0.25, 0.3) is 0 Å². The Bertz CT molecular complexity index is 261. The number of hydrogen-bond acceptors (Lipinski definition) is 1. The second-order valence-electron chi connectivity index (χ2n) is 5.89. The number of nitrogens with one attached hydrogen (secondary N) is 1. The molecule has 18 heavy (non-hydrogen) atoms. The molecule has 0 spiro atoms. The van der Waals surface area contributed by atoms with E-state index in [0.717, 1.165) is 13.0 Å². The third kappa shape index (κ3) is 3.63. The largest absolute Gasteiger partial charge is 0.335 e. The van der Waals surface area contributed by atoms with Crippen molar-refractivity contribution in [1.29, 1.82) is 0 Å². The molecule has 0 bridgehead atoms. The Kier molecular flexibility index (Phi) is 5.33. The molecule has 3 heteroatoms. The Hall–Kier alpha value is -0.730. The van der Waals surface area contributed by atoms with Crippen LogP contribution in [0.3, 0.4) is 0 Å². The summed E-state index contributed by atoms with van der Waals surface area (Å²) in [4.78, 5) is 14.5. The van der Waals surface area contributed by atoms with Gasteiger partial charge in [0.2, 0.25) is 0 Å². The third-order valence-corrected chi connectivity index (χ3v) is 4.54. The van der Waals surface area contributed by atoms with Crippen LogP contribution < -0.4 is 5.32 Å². The molecule has 2 fully saturated rings. The average Bonchev–Trinajstić information content (AvgIpc) is 2.64. The lowest BCUT2D eigenvalue weighted by Crippen LogP contribution is -2.49.